The van der Waals surface area contributed by atoms with Crippen molar-refractivity contribution in [1.29, 1.82) is 0 Å². The summed E-state index contributed by atoms with van der Waals surface area (Å²) >= 11 is 0. The van der Waals surface area contributed by atoms with Gasteiger partial charge in [0.15, 0.2) is 0 Å². The van der Waals surface area contributed by atoms with Gasteiger partial charge in [-0.25, -0.2) is 0 Å². The molecule has 0 saturated carbocycles. The molecular formula is C30H25Cl2HfSi. The molecule has 0 atom stereocenters. The molecule has 6 aromatic carbocycles. The molecule has 0 saturated heterocycles. The van der Waals surface area contributed by atoms with E-state index in [0.717, 1.165) is 0 Å². The third-order valence-corrected chi connectivity index (χ3v) is 6.46. The van der Waals surface area contributed by atoms with Crippen molar-refractivity contribution >= 4 is 41.4 Å². The number of halogens is 2. The Morgan fingerprint density at radius 2 is 0.765 bits per heavy atom. The van der Waals surface area contributed by atoms with Crippen LogP contribution in [0.1, 0.15) is 0 Å². The van der Waals surface area contributed by atoms with E-state index in [1.807, 2.05) is 0 Å². The molecule has 0 nitrogen and oxygen atoms in total. The molecule has 167 valence electrons. The summed E-state index contributed by atoms with van der Waals surface area (Å²) in [5.41, 5.74) is 0. The van der Waals surface area contributed by atoms with Crippen LogP contribution in [0.2, 0.25) is 0 Å². The average Bonchev–Trinajstić information content (AvgIpc) is 3.51. The monoisotopic (exact) mass is 663 g/mol. The van der Waals surface area contributed by atoms with E-state index in [2.05, 4.69) is 146 Å². The van der Waals surface area contributed by atoms with Crippen LogP contribution in [0.15, 0.2) is 146 Å². The smallest absolute Gasteiger partial charge is 1.00 e. The Labute approximate surface area is 236 Å². The molecular weight excluding hydrogens is 638 g/mol. The van der Waals surface area contributed by atoms with Crippen molar-refractivity contribution in [3.05, 3.63) is 146 Å². The van der Waals surface area contributed by atoms with E-state index in [1.54, 1.807) is 0 Å². The molecule has 0 bridgehead atoms. The molecule has 4 heteroatoms. The first-order valence-corrected chi connectivity index (χ1v) is 11.7. The number of fused-ring (bicyclic) bond motifs is 2. The molecule has 6 aromatic rings. The van der Waals surface area contributed by atoms with Crippen molar-refractivity contribution in [1.82, 2.24) is 0 Å². The quantitative estimate of drug-likeness (QED) is 0.184. The fourth-order valence-corrected chi connectivity index (χ4v) is 4.65. The Kier molecular flexibility index (Phi) is 14.4. The predicted octanol–water partition coefficient (Wildman–Crippen LogP) is 0.197. The maximum absolute atomic E-state index is 2.20. The molecule has 0 aliphatic carbocycles. The molecule has 0 spiro atoms. The third kappa shape index (κ3) is 9.19. The average molecular weight is 663 g/mol. The Morgan fingerprint density at radius 1 is 0.412 bits per heavy atom. The second-order valence-electron chi connectivity index (χ2n) is 7.28. The van der Waals surface area contributed by atoms with E-state index >= 15 is 0 Å². The van der Waals surface area contributed by atoms with Crippen LogP contribution in [0.4, 0.5) is 0 Å². The molecule has 0 heterocycles. The van der Waals surface area contributed by atoms with Gasteiger partial charge < -0.3 is 24.8 Å². The van der Waals surface area contributed by atoms with Gasteiger partial charge in [0.2, 0.25) is 0 Å². The van der Waals surface area contributed by atoms with Gasteiger partial charge in [0.1, 0.15) is 9.52 Å². The molecule has 0 aliphatic heterocycles. The molecule has 1 radical (unpaired) electrons. The molecule has 0 aliphatic rings. The van der Waals surface area contributed by atoms with Gasteiger partial charge in [-0.05, 0) is 0 Å². The first-order valence-electron chi connectivity index (χ1n) is 10.5. The number of hydrogen-bond donors (Lipinski definition) is 0. The number of hydrogen-bond acceptors (Lipinski definition) is 0. The van der Waals surface area contributed by atoms with E-state index in [4.69, 9.17) is 0 Å². The van der Waals surface area contributed by atoms with Crippen LogP contribution in [0.25, 0.3) is 21.5 Å². The Morgan fingerprint density at radius 3 is 1.15 bits per heavy atom. The van der Waals surface area contributed by atoms with E-state index < -0.39 is 0 Å². The van der Waals surface area contributed by atoms with E-state index in [9.17, 15) is 0 Å². The van der Waals surface area contributed by atoms with Crippen molar-refractivity contribution in [2.45, 2.75) is 0 Å². The maximum Gasteiger partial charge on any atom is 4.00 e. The summed E-state index contributed by atoms with van der Waals surface area (Å²) in [6.45, 7) is 0. The van der Waals surface area contributed by atoms with Crippen LogP contribution < -0.4 is 35.2 Å². The molecule has 0 amide bonds. The van der Waals surface area contributed by atoms with Gasteiger partial charge in [0.05, 0.1) is 0 Å². The van der Waals surface area contributed by atoms with Gasteiger partial charge >= 0.3 is 25.8 Å². The fraction of sp³-hybridized carbons (Fsp3) is 0. The SMILES string of the molecule is [Cl-].[Cl-].[Hf+4].c1ccc([SiH]c2ccccc2)cc1.c1ccc2[cH-]ccc2c1.c1ccc2[cH-]ccc2c1. The van der Waals surface area contributed by atoms with Crippen LogP contribution in [-0.2, 0) is 25.8 Å². The number of benzene rings is 4. The van der Waals surface area contributed by atoms with Crippen LogP contribution in [0, 0.1) is 0 Å². The van der Waals surface area contributed by atoms with Crippen molar-refractivity contribution < 1.29 is 50.7 Å². The van der Waals surface area contributed by atoms with Gasteiger partial charge in [-0.3, -0.25) is 0 Å². The fourth-order valence-electron chi connectivity index (χ4n) is 3.43. The van der Waals surface area contributed by atoms with Crippen LogP contribution in [-0.4, -0.2) is 9.52 Å². The van der Waals surface area contributed by atoms with Gasteiger partial charge in [0.25, 0.3) is 0 Å². The second-order valence-corrected chi connectivity index (χ2v) is 8.90. The van der Waals surface area contributed by atoms with Crippen molar-refractivity contribution in [2.24, 2.45) is 0 Å². The zero-order valence-corrected chi connectivity index (χ0v) is 24.9. The first kappa shape index (κ1) is 29.8. The van der Waals surface area contributed by atoms with Crippen molar-refractivity contribution in [2.75, 3.05) is 0 Å². The molecule has 0 aromatic heterocycles. The molecule has 0 N–H and O–H groups in total. The Bertz CT molecular complexity index is 1150. The third-order valence-electron chi connectivity index (χ3n) is 5.03. The summed E-state index contributed by atoms with van der Waals surface area (Å²) in [6, 6.07) is 50.7. The first-order chi connectivity index (χ1) is 15.4. The summed E-state index contributed by atoms with van der Waals surface area (Å²) in [6.07, 6.45) is 0. The molecule has 6 rings (SSSR count). The second kappa shape index (κ2) is 16.4. The standard InChI is InChI=1S/C12H11Si.2C9H7.2ClH.Hf/c1-3-7-11(8-4-1)13-12-9-5-2-6-10-12;2*1-2-5-9-7-3-6-8(9)4-1;;;/h1-10,13H;2*1-7H;2*1H;/q;2*-1;;;+4/p-2. The van der Waals surface area contributed by atoms with Crippen LogP contribution in [0.5, 0.6) is 0 Å². The minimum Gasteiger partial charge on any atom is -1.00 e. The topological polar surface area (TPSA) is 0 Å². The number of rotatable bonds is 2. The van der Waals surface area contributed by atoms with Crippen LogP contribution >= 0.6 is 0 Å². The summed E-state index contributed by atoms with van der Waals surface area (Å²) in [5.74, 6) is 0. The summed E-state index contributed by atoms with van der Waals surface area (Å²) in [5, 5.41) is 8.23. The minimum absolute atomic E-state index is 0. The Balaban J connectivity index is 0.000000249. The van der Waals surface area contributed by atoms with Gasteiger partial charge in [-0.2, -0.15) is 35.0 Å². The van der Waals surface area contributed by atoms with E-state index in [1.165, 1.54) is 31.9 Å². The van der Waals surface area contributed by atoms with Gasteiger partial charge in [0, 0.05) is 0 Å². The zero-order chi connectivity index (χ0) is 21.1. The zero-order valence-electron chi connectivity index (χ0n) is 18.7. The van der Waals surface area contributed by atoms with E-state index in [-0.39, 0.29) is 60.2 Å². The Hall–Kier alpha value is -2.23. The summed E-state index contributed by atoms with van der Waals surface area (Å²) in [4.78, 5) is 0. The van der Waals surface area contributed by atoms with Gasteiger partial charge in [-0.15, -0.1) is 59.3 Å². The summed E-state index contributed by atoms with van der Waals surface area (Å²) in [7, 11) is 0.271. The molecule has 0 unspecified atom stereocenters. The van der Waals surface area contributed by atoms with Gasteiger partial charge in [-0.1, -0.05) is 83.2 Å². The summed E-state index contributed by atoms with van der Waals surface area (Å²) < 4.78 is 0. The molecule has 0 fully saturated rings. The maximum atomic E-state index is 2.20. The van der Waals surface area contributed by atoms with Crippen molar-refractivity contribution in [3.63, 3.8) is 0 Å². The largest absolute Gasteiger partial charge is 4.00 e. The predicted molar refractivity (Wildman–Crippen MR) is 138 cm³/mol. The van der Waals surface area contributed by atoms with E-state index in [0.29, 0.717) is 0 Å². The molecule has 34 heavy (non-hydrogen) atoms. The van der Waals surface area contributed by atoms with Crippen molar-refractivity contribution in [3.8, 4) is 0 Å². The minimum atomic E-state index is 0. The van der Waals surface area contributed by atoms with Crippen LogP contribution in [0.3, 0.4) is 0 Å². The normalized spacial score (nSPS) is 9.18.